The maximum Gasteiger partial charge on any atom is 0.229 e. The minimum absolute atomic E-state index is 0.400. The number of aryl methyl sites for hydroxylation is 1. The van der Waals surface area contributed by atoms with Crippen LogP contribution in [0.5, 0.6) is 5.75 Å². The summed E-state index contributed by atoms with van der Waals surface area (Å²) in [5.74, 6) is 1.66. The molecule has 5 heterocycles. The summed E-state index contributed by atoms with van der Waals surface area (Å²) in [6.07, 6.45) is 5.60. The fourth-order valence-corrected chi connectivity index (χ4v) is 7.91. The summed E-state index contributed by atoms with van der Waals surface area (Å²) in [6, 6.07) is 8.55. The number of ether oxygens (including phenoxy) is 1. The molecule has 0 saturated carbocycles. The number of benzene rings is 1. The van der Waals surface area contributed by atoms with Crippen molar-refractivity contribution in [2.75, 3.05) is 82.3 Å². The number of nitrogens with one attached hydrogen (secondary N) is 2. The zero-order valence-electron chi connectivity index (χ0n) is 25.9. The van der Waals surface area contributed by atoms with E-state index in [1.165, 1.54) is 31.6 Å². The van der Waals surface area contributed by atoms with Crippen molar-refractivity contribution in [3.05, 3.63) is 46.8 Å². The maximum atomic E-state index is 13.3. The van der Waals surface area contributed by atoms with Gasteiger partial charge in [-0.3, -0.25) is 9.30 Å². The zero-order chi connectivity index (χ0) is 31.0. The molecule has 44 heavy (non-hydrogen) atoms. The summed E-state index contributed by atoms with van der Waals surface area (Å²) in [7, 11) is 1.18. The van der Waals surface area contributed by atoms with Gasteiger partial charge in [-0.1, -0.05) is 0 Å². The van der Waals surface area contributed by atoms with E-state index in [9.17, 15) is 4.57 Å². The molecular weight excluding hydrogens is 643 g/mol. The van der Waals surface area contributed by atoms with Gasteiger partial charge in [0, 0.05) is 63.3 Å². The molecule has 1 aromatic carbocycles. The number of methoxy groups -OCH3 is 1. The highest BCUT2D eigenvalue weighted by molar-refractivity contribution is 9.10. The van der Waals surface area contributed by atoms with Crippen molar-refractivity contribution in [1.29, 1.82) is 0 Å². The largest absolute Gasteiger partial charge is 0.494 e. The first-order chi connectivity index (χ1) is 21.1. The Labute approximate surface area is 266 Å². The SMILES string of the molecule is COc1cc(N2CCC(N3CCN(C)CC3)CC2)c(C)cc1Nc1ncc(Br)c(Nc2ccc3nncn3c2P(C)(C)=O)n1. The van der Waals surface area contributed by atoms with Gasteiger partial charge in [0.15, 0.2) is 5.65 Å². The number of halogens is 1. The molecule has 14 heteroatoms. The van der Waals surface area contributed by atoms with Crippen molar-refractivity contribution in [1.82, 2.24) is 34.4 Å². The minimum Gasteiger partial charge on any atom is -0.494 e. The lowest BCUT2D eigenvalue weighted by atomic mass is 10.0. The number of piperidine rings is 1. The van der Waals surface area contributed by atoms with Gasteiger partial charge >= 0.3 is 0 Å². The molecule has 2 saturated heterocycles. The predicted molar refractivity (Wildman–Crippen MR) is 180 cm³/mol. The third-order valence-electron chi connectivity index (χ3n) is 8.57. The second-order valence-corrected chi connectivity index (χ2v) is 16.0. The average Bonchev–Trinajstić information content (AvgIpc) is 3.47. The van der Waals surface area contributed by atoms with Gasteiger partial charge in [0.05, 0.1) is 23.0 Å². The van der Waals surface area contributed by atoms with Crippen molar-refractivity contribution in [2.45, 2.75) is 25.8 Å². The van der Waals surface area contributed by atoms with Crippen LogP contribution in [-0.2, 0) is 4.57 Å². The molecule has 2 aliphatic heterocycles. The molecule has 234 valence electrons. The molecule has 0 unspecified atom stereocenters. The Morgan fingerprint density at radius 3 is 2.48 bits per heavy atom. The maximum absolute atomic E-state index is 13.3. The number of rotatable bonds is 8. The smallest absolute Gasteiger partial charge is 0.229 e. The molecule has 6 rings (SSSR count). The first-order valence-electron chi connectivity index (χ1n) is 14.9. The Morgan fingerprint density at radius 2 is 1.77 bits per heavy atom. The summed E-state index contributed by atoms with van der Waals surface area (Å²) in [5, 5.41) is 14.8. The number of fused-ring (bicyclic) bond motifs is 1. The lowest BCUT2D eigenvalue weighted by molar-refractivity contribution is 0.0982. The number of nitrogens with zero attached hydrogens (tertiary/aromatic N) is 8. The molecule has 0 radical (unpaired) electrons. The number of anilines is 5. The quantitative estimate of drug-likeness (QED) is 0.255. The van der Waals surface area contributed by atoms with Crippen LogP contribution in [0.2, 0.25) is 0 Å². The van der Waals surface area contributed by atoms with Crippen LogP contribution in [0.4, 0.5) is 28.8 Å². The van der Waals surface area contributed by atoms with Crippen molar-refractivity contribution >= 4 is 63.0 Å². The minimum atomic E-state index is -2.71. The molecule has 0 atom stereocenters. The molecule has 4 aromatic rings. The highest BCUT2D eigenvalue weighted by Crippen LogP contribution is 2.40. The van der Waals surface area contributed by atoms with Crippen molar-refractivity contribution in [3.8, 4) is 5.75 Å². The highest BCUT2D eigenvalue weighted by Gasteiger charge is 2.28. The molecule has 0 aliphatic carbocycles. The van der Waals surface area contributed by atoms with Crippen molar-refractivity contribution < 1.29 is 9.30 Å². The van der Waals surface area contributed by atoms with E-state index in [0.717, 1.165) is 43.2 Å². The van der Waals surface area contributed by atoms with Crippen LogP contribution in [0.3, 0.4) is 0 Å². The van der Waals surface area contributed by atoms with Gasteiger partial charge in [-0.15, -0.1) is 10.2 Å². The third kappa shape index (κ3) is 6.42. The van der Waals surface area contributed by atoms with Gasteiger partial charge in [0.25, 0.3) is 0 Å². The zero-order valence-corrected chi connectivity index (χ0v) is 28.4. The van der Waals surface area contributed by atoms with Crippen molar-refractivity contribution in [2.24, 2.45) is 0 Å². The van der Waals surface area contributed by atoms with Gasteiger partial charge in [-0.25, -0.2) is 4.98 Å². The molecule has 2 N–H and O–H groups in total. The van der Waals surface area contributed by atoms with Gasteiger partial charge < -0.3 is 29.7 Å². The molecule has 12 nitrogen and oxygen atoms in total. The first kappa shape index (κ1) is 30.8. The van der Waals surface area contributed by atoms with E-state index in [4.69, 9.17) is 9.72 Å². The average molecular weight is 684 g/mol. The van der Waals surface area contributed by atoms with Crippen LogP contribution < -0.4 is 25.7 Å². The second kappa shape index (κ2) is 12.6. The van der Waals surface area contributed by atoms with E-state index in [-0.39, 0.29) is 0 Å². The van der Waals surface area contributed by atoms with Crippen molar-refractivity contribution in [3.63, 3.8) is 0 Å². The molecule has 0 amide bonds. The van der Waals surface area contributed by atoms with Crippen LogP contribution in [0, 0.1) is 6.92 Å². The fourth-order valence-electron chi connectivity index (χ4n) is 6.24. The molecule has 2 aliphatic rings. The number of aromatic nitrogens is 5. The first-order valence-corrected chi connectivity index (χ1v) is 18.3. The van der Waals surface area contributed by atoms with E-state index in [1.807, 2.05) is 12.1 Å². The Morgan fingerprint density at radius 1 is 1.02 bits per heavy atom. The number of hydrogen-bond donors (Lipinski definition) is 2. The van der Waals surface area contributed by atoms with Crippen LogP contribution in [0.25, 0.3) is 5.65 Å². The molecule has 0 spiro atoms. The van der Waals surface area contributed by atoms with E-state index in [1.54, 1.807) is 37.4 Å². The normalized spacial score (nSPS) is 17.3. The molecule has 3 aromatic heterocycles. The van der Waals surface area contributed by atoms with E-state index >= 15 is 0 Å². The van der Waals surface area contributed by atoms with E-state index in [0.29, 0.717) is 39.1 Å². The van der Waals surface area contributed by atoms with E-state index < -0.39 is 7.14 Å². The monoisotopic (exact) mass is 682 g/mol. The summed E-state index contributed by atoms with van der Waals surface area (Å²) in [4.78, 5) is 16.8. The van der Waals surface area contributed by atoms with Crippen LogP contribution >= 0.6 is 23.1 Å². The lowest BCUT2D eigenvalue weighted by Gasteiger charge is -2.43. The Hall–Kier alpha value is -3.25. The molecular formula is C30H40BrN10O2P. The van der Waals surface area contributed by atoms with Gasteiger partial charge in [-0.2, -0.15) is 4.98 Å². The highest BCUT2D eigenvalue weighted by atomic mass is 79.9. The Balaban J connectivity index is 1.20. The predicted octanol–water partition coefficient (Wildman–Crippen LogP) is 4.55. The number of piperazine rings is 1. The molecule has 2 fully saturated rings. The summed E-state index contributed by atoms with van der Waals surface area (Å²) < 4.78 is 21.5. The van der Waals surface area contributed by atoms with Gasteiger partial charge in [0.1, 0.15) is 30.5 Å². The number of pyridine rings is 1. The van der Waals surface area contributed by atoms with Crippen LogP contribution in [-0.4, -0.2) is 107 Å². The summed E-state index contributed by atoms with van der Waals surface area (Å²) in [6.45, 7) is 12.3. The van der Waals surface area contributed by atoms with E-state index in [2.05, 4.69) is 82.5 Å². The number of hydrogen-bond acceptors (Lipinski definition) is 11. The lowest BCUT2D eigenvalue weighted by Crippen LogP contribution is -2.52. The van der Waals surface area contributed by atoms with Crippen LogP contribution in [0.15, 0.2) is 41.3 Å². The topological polar surface area (TPSA) is 116 Å². The van der Waals surface area contributed by atoms with Gasteiger partial charge in [-0.05, 0) is 79.8 Å². The van der Waals surface area contributed by atoms with Gasteiger partial charge in [0.2, 0.25) is 5.95 Å². The Bertz CT molecular complexity index is 1690. The Kier molecular flexibility index (Phi) is 8.83. The number of likely N-dealkylation sites (N-methyl/N-ethyl adjacent to an activating group) is 1. The fraction of sp³-hybridized carbons (Fsp3) is 0.467. The third-order valence-corrected chi connectivity index (χ3v) is 10.6. The van der Waals surface area contributed by atoms with Crippen LogP contribution in [0.1, 0.15) is 18.4 Å². The summed E-state index contributed by atoms with van der Waals surface area (Å²) >= 11 is 3.56. The standard InChI is InChI=1S/C30H40BrN10O2P/c1-20-16-24(26(43-3)17-25(20)40-10-8-21(9-11-40)39-14-12-38(2)13-15-39)35-30-32-18-22(31)28(36-30)34-23-6-7-27-37-33-19-41(27)29(23)44(4,5)42/h6-7,16-19,21H,8-15H2,1-5H3,(H2,32,34,35,36). The molecule has 0 bridgehead atoms. The summed E-state index contributed by atoms with van der Waals surface area (Å²) in [5.41, 5.74) is 5.04. The second-order valence-electron chi connectivity index (χ2n) is 12.0.